The second-order valence-electron chi connectivity index (χ2n) is 6.04. The minimum atomic E-state index is -3.87. The Morgan fingerprint density at radius 1 is 1.23 bits per heavy atom. The number of carbonyl (C=O) groups excluding carboxylic acids is 1. The Labute approximate surface area is 156 Å². The predicted molar refractivity (Wildman–Crippen MR) is 99.3 cm³/mol. The number of nitrogens with one attached hydrogen (secondary N) is 1. The molecule has 1 saturated heterocycles. The smallest absolute Gasteiger partial charge is 0.263 e. The quantitative estimate of drug-likeness (QED) is 0.815. The van der Waals surface area contributed by atoms with Gasteiger partial charge in [-0.1, -0.05) is 6.92 Å². The summed E-state index contributed by atoms with van der Waals surface area (Å²) in [6, 6.07) is 5.13. The van der Waals surface area contributed by atoms with Gasteiger partial charge in [0.2, 0.25) is 15.9 Å². The van der Waals surface area contributed by atoms with E-state index < -0.39 is 31.9 Å². The predicted octanol–water partition coefficient (Wildman–Crippen LogP) is 1.87. The third-order valence-electron chi connectivity index (χ3n) is 3.99. The fourth-order valence-corrected chi connectivity index (χ4v) is 6.41. The summed E-state index contributed by atoms with van der Waals surface area (Å²) in [6.45, 7) is 5.17. The van der Waals surface area contributed by atoms with Crippen LogP contribution in [0.15, 0.2) is 29.2 Å². The molecule has 1 unspecified atom stereocenters. The number of hydrogen-bond donors (Lipinski definition) is 1. The second kappa shape index (κ2) is 6.32. The number of amides is 1. The Kier molecular flexibility index (Phi) is 4.57. The molecule has 1 N–H and O–H groups in total. The Balaban J connectivity index is 1.88. The van der Waals surface area contributed by atoms with E-state index in [9.17, 15) is 21.6 Å². The maximum Gasteiger partial charge on any atom is 0.263 e. The van der Waals surface area contributed by atoms with Crippen molar-refractivity contribution in [3.8, 4) is 0 Å². The molecule has 0 aliphatic carbocycles. The van der Waals surface area contributed by atoms with Gasteiger partial charge in [-0.25, -0.2) is 26.1 Å². The number of benzene rings is 1. The molecular formula is C15H17N3O5S3. The highest BCUT2D eigenvalue weighted by atomic mass is 32.2. The lowest BCUT2D eigenvalue weighted by Crippen LogP contribution is -2.30. The summed E-state index contributed by atoms with van der Waals surface area (Å²) in [4.78, 5) is 17.1. The molecule has 140 valence electrons. The van der Waals surface area contributed by atoms with E-state index >= 15 is 0 Å². The van der Waals surface area contributed by atoms with Crippen molar-refractivity contribution >= 4 is 48.1 Å². The van der Waals surface area contributed by atoms with E-state index in [0.717, 1.165) is 14.9 Å². The molecule has 26 heavy (non-hydrogen) atoms. The third kappa shape index (κ3) is 3.33. The summed E-state index contributed by atoms with van der Waals surface area (Å²) >= 11 is 1.23. The monoisotopic (exact) mass is 415 g/mol. The Morgan fingerprint density at radius 2 is 1.85 bits per heavy atom. The lowest BCUT2D eigenvalue weighted by atomic mass is 10.2. The van der Waals surface area contributed by atoms with E-state index in [1.807, 2.05) is 6.92 Å². The first-order chi connectivity index (χ1) is 12.0. The third-order valence-corrected chi connectivity index (χ3v) is 8.33. The van der Waals surface area contributed by atoms with Crippen LogP contribution in [0.3, 0.4) is 0 Å². The van der Waals surface area contributed by atoms with Gasteiger partial charge in [-0.2, -0.15) is 0 Å². The standard InChI is InChI=1S/C15H17N3O5S3/c1-9-8-25(20,21)18(14(9)19)12-4-6-13(7-5-12)26(22,23)17-15-16-10(2)11(3)24-15/h4-7,9H,8H2,1-3H3,(H,16,17). The number of sulfonamides is 2. The summed E-state index contributed by atoms with van der Waals surface area (Å²) in [7, 11) is -7.59. The number of aryl methyl sites for hydroxylation is 2. The van der Waals surface area contributed by atoms with Gasteiger partial charge in [0.15, 0.2) is 5.13 Å². The van der Waals surface area contributed by atoms with E-state index in [4.69, 9.17) is 0 Å². The lowest BCUT2D eigenvalue weighted by Gasteiger charge is -2.15. The summed E-state index contributed by atoms with van der Waals surface area (Å²) in [5.41, 5.74) is 0.870. The van der Waals surface area contributed by atoms with Gasteiger partial charge in [-0.3, -0.25) is 9.52 Å². The van der Waals surface area contributed by atoms with Gasteiger partial charge >= 0.3 is 0 Å². The van der Waals surface area contributed by atoms with Crippen molar-refractivity contribution in [3.63, 3.8) is 0 Å². The van der Waals surface area contributed by atoms with Gasteiger partial charge in [0.1, 0.15) is 0 Å². The Bertz CT molecular complexity index is 1050. The zero-order valence-corrected chi connectivity index (χ0v) is 16.7. The molecule has 11 heteroatoms. The van der Waals surface area contributed by atoms with Crippen LogP contribution in [0.25, 0.3) is 0 Å². The van der Waals surface area contributed by atoms with E-state index in [2.05, 4.69) is 9.71 Å². The van der Waals surface area contributed by atoms with E-state index in [1.54, 1.807) is 13.8 Å². The number of hydrogen-bond acceptors (Lipinski definition) is 7. The molecule has 1 aromatic carbocycles. The van der Waals surface area contributed by atoms with Crippen LogP contribution in [0.2, 0.25) is 0 Å². The van der Waals surface area contributed by atoms with Crippen molar-refractivity contribution < 1.29 is 21.6 Å². The summed E-state index contributed by atoms with van der Waals surface area (Å²) in [5, 5.41) is 0.259. The molecular weight excluding hydrogens is 398 g/mol. The topological polar surface area (TPSA) is 114 Å². The second-order valence-corrected chi connectivity index (χ2v) is 10.8. The van der Waals surface area contributed by atoms with Crippen LogP contribution >= 0.6 is 11.3 Å². The van der Waals surface area contributed by atoms with Crippen LogP contribution in [0.5, 0.6) is 0 Å². The SMILES string of the molecule is Cc1nc(NS(=O)(=O)c2ccc(N3C(=O)C(C)CS3(=O)=O)cc2)sc1C. The highest BCUT2D eigenvalue weighted by Gasteiger charge is 2.41. The number of thiazole rings is 1. The number of rotatable bonds is 4. The van der Waals surface area contributed by atoms with Crippen molar-refractivity contribution in [2.24, 2.45) is 5.92 Å². The maximum absolute atomic E-state index is 12.5. The highest BCUT2D eigenvalue weighted by Crippen LogP contribution is 2.30. The van der Waals surface area contributed by atoms with Gasteiger partial charge < -0.3 is 0 Å². The van der Waals surface area contributed by atoms with E-state index in [0.29, 0.717) is 0 Å². The van der Waals surface area contributed by atoms with Crippen molar-refractivity contribution in [2.75, 3.05) is 14.8 Å². The van der Waals surface area contributed by atoms with Gasteiger partial charge in [0, 0.05) is 4.88 Å². The first-order valence-corrected chi connectivity index (χ1v) is 11.6. The van der Waals surface area contributed by atoms with Crippen molar-refractivity contribution in [1.29, 1.82) is 0 Å². The average Bonchev–Trinajstić information content (AvgIpc) is 2.94. The Hall–Kier alpha value is -1.98. The summed E-state index contributed by atoms with van der Waals surface area (Å²) < 4.78 is 52.3. The average molecular weight is 416 g/mol. The normalized spacial score (nSPS) is 19.7. The minimum Gasteiger partial charge on any atom is -0.273 e. The molecule has 1 atom stereocenters. The highest BCUT2D eigenvalue weighted by molar-refractivity contribution is 7.94. The molecule has 8 nitrogen and oxygen atoms in total. The lowest BCUT2D eigenvalue weighted by molar-refractivity contribution is -0.119. The van der Waals surface area contributed by atoms with Crippen LogP contribution < -0.4 is 9.03 Å². The van der Waals surface area contributed by atoms with Crippen molar-refractivity contribution in [3.05, 3.63) is 34.8 Å². The number of anilines is 2. The summed E-state index contributed by atoms with van der Waals surface area (Å²) in [6.07, 6.45) is 0. The van der Waals surface area contributed by atoms with Crippen LogP contribution in [-0.2, 0) is 24.8 Å². The zero-order chi connectivity index (χ0) is 19.3. The van der Waals surface area contributed by atoms with Crippen molar-refractivity contribution in [1.82, 2.24) is 4.98 Å². The number of aromatic nitrogens is 1. The molecule has 1 aliphatic rings. The van der Waals surface area contributed by atoms with Gasteiger partial charge in [-0.15, -0.1) is 11.3 Å². The maximum atomic E-state index is 12.5. The minimum absolute atomic E-state index is 0.0520. The van der Waals surface area contributed by atoms with E-state index in [-0.39, 0.29) is 21.5 Å². The van der Waals surface area contributed by atoms with Crippen LogP contribution in [-0.4, -0.2) is 33.5 Å². The van der Waals surface area contributed by atoms with Gasteiger partial charge in [0.05, 0.1) is 27.9 Å². The zero-order valence-electron chi connectivity index (χ0n) is 14.3. The Morgan fingerprint density at radius 3 is 2.31 bits per heavy atom. The largest absolute Gasteiger partial charge is 0.273 e. The summed E-state index contributed by atoms with van der Waals surface area (Å²) in [5.74, 6) is -1.40. The fourth-order valence-electron chi connectivity index (χ4n) is 2.54. The first-order valence-electron chi connectivity index (χ1n) is 7.65. The molecule has 3 rings (SSSR count). The molecule has 1 amide bonds. The molecule has 1 fully saturated rings. The number of carbonyl (C=O) groups is 1. The molecule has 0 radical (unpaired) electrons. The van der Waals surface area contributed by atoms with Gasteiger partial charge in [0.25, 0.3) is 10.0 Å². The first kappa shape index (κ1) is 18.8. The molecule has 0 saturated carbocycles. The molecule has 1 aromatic heterocycles. The fraction of sp³-hybridized carbons (Fsp3) is 0.333. The molecule has 0 spiro atoms. The van der Waals surface area contributed by atoms with Gasteiger partial charge in [-0.05, 0) is 38.1 Å². The van der Waals surface area contributed by atoms with Crippen LogP contribution in [0.4, 0.5) is 10.8 Å². The van der Waals surface area contributed by atoms with Crippen LogP contribution in [0.1, 0.15) is 17.5 Å². The van der Waals surface area contributed by atoms with E-state index in [1.165, 1.54) is 35.6 Å². The number of nitrogens with zero attached hydrogens (tertiary/aromatic N) is 2. The van der Waals surface area contributed by atoms with Crippen molar-refractivity contribution in [2.45, 2.75) is 25.7 Å². The molecule has 2 aromatic rings. The van der Waals surface area contributed by atoms with Crippen LogP contribution in [0, 0.1) is 19.8 Å². The molecule has 2 heterocycles. The molecule has 0 bridgehead atoms. The molecule has 1 aliphatic heterocycles.